The van der Waals surface area contributed by atoms with Gasteiger partial charge in [0, 0.05) is 43.1 Å². The number of rotatable bonds is 4. The maximum absolute atomic E-state index is 6.33. The van der Waals surface area contributed by atoms with Crippen molar-refractivity contribution in [3.05, 3.63) is 42.2 Å². The van der Waals surface area contributed by atoms with E-state index in [-0.39, 0.29) is 0 Å². The lowest BCUT2D eigenvalue weighted by atomic mass is 9.89. The van der Waals surface area contributed by atoms with Crippen LogP contribution in [0.25, 0.3) is 5.69 Å². The van der Waals surface area contributed by atoms with Crippen LogP contribution in [-0.2, 0) is 0 Å². The molecule has 3 atom stereocenters. The van der Waals surface area contributed by atoms with Crippen molar-refractivity contribution >= 4 is 5.69 Å². The molecule has 1 aliphatic heterocycles. The molecule has 2 aromatic rings. The molecule has 0 radical (unpaired) electrons. The third-order valence-electron chi connectivity index (χ3n) is 5.88. The maximum atomic E-state index is 6.33. The highest BCUT2D eigenvalue weighted by atomic mass is 15.3. The first-order valence-electron chi connectivity index (χ1n) is 10.1. The van der Waals surface area contributed by atoms with Crippen LogP contribution in [-0.4, -0.2) is 41.0 Å². The molecule has 0 spiro atoms. The van der Waals surface area contributed by atoms with E-state index in [1.807, 2.05) is 10.9 Å². The highest BCUT2D eigenvalue weighted by Gasteiger charge is 2.27. The first kappa shape index (κ1) is 17.6. The summed E-state index contributed by atoms with van der Waals surface area (Å²) in [5.74, 6) is 0. The second-order valence-corrected chi connectivity index (χ2v) is 7.99. The number of nitrogens with two attached hydrogens (primary N) is 1. The van der Waals surface area contributed by atoms with Gasteiger partial charge in [0.2, 0.25) is 0 Å². The second kappa shape index (κ2) is 7.80. The molecule has 5 nitrogen and oxygen atoms in total. The van der Waals surface area contributed by atoms with E-state index in [0.29, 0.717) is 18.1 Å². The standard InChI is InChI=1S/C21H31N5/c1-16-13-23-26(14-16)19-10-8-18(9-11-19)25-12-4-5-17(15-25)24-21-7-3-2-6-20(21)22/h8-11,13-14,17,20-21,24H,2-7,12,15,22H2,1H3/t17?,20-,21-/m1/s1. The summed E-state index contributed by atoms with van der Waals surface area (Å²) in [4.78, 5) is 2.51. The third-order valence-corrected chi connectivity index (χ3v) is 5.88. The van der Waals surface area contributed by atoms with Crippen LogP contribution >= 0.6 is 0 Å². The molecule has 0 amide bonds. The first-order chi connectivity index (χ1) is 12.7. The lowest BCUT2D eigenvalue weighted by Crippen LogP contribution is -2.55. The number of nitrogens with zero attached hydrogens (tertiary/aromatic N) is 3. The van der Waals surface area contributed by atoms with E-state index in [2.05, 4.69) is 52.7 Å². The Bertz CT molecular complexity index is 707. The predicted molar refractivity (Wildman–Crippen MR) is 107 cm³/mol. The maximum Gasteiger partial charge on any atom is 0.0647 e. The van der Waals surface area contributed by atoms with Crippen LogP contribution in [0, 0.1) is 6.92 Å². The zero-order chi connectivity index (χ0) is 17.9. The minimum Gasteiger partial charge on any atom is -0.370 e. The molecule has 1 aliphatic carbocycles. The van der Waals surface area contributed by atoms with Gasteiger partial charge in [0.1, 0.15) is 0 Å². The molecule has 1 saturated heterocycles. The van der Waals surface area contributed by atoms with E-state index in [9.17, 15) is 0 Å². The van der Waals surface area contributed by atoms with Gasteiger partial charge in [-0.15, -0.1) is 0 Å². The second-order valence-electron chi connectivity index (χ2n) is 7.99. The van der Waals surface area contributed by atoms with E-state index in [0.717, 1.165) is 18.8 Å². The van der Waals surface area contributed by atoms with Crippen LogP contribution in [0.1, 0.15) is 44.1 Å². The number of piperidine rings is 1. The monoisotopic (exact) mass is 353 g/mol. The number of anilines is 1. The molecular weight excluding hydrogens is 322 g/mol. The zero-order valence-electron chi connectivity index (χ0n) is 15.8. The molecule has 3 N–H and O–H groups in total. The molecule has 26 heavy (non-hydrogen) atoms. The molecule has 4 rings (SSSR count). The lowest BCUT2D eigenvalue weighted by Gasteiger charge is -2.39. The van der Waals surface area contributed by atoms with Gasteiger partial charge >= 0.3 is 0 Å². The van der Waals surface area contributed by atoms with Crippen molar-refractivity contribution in [1.29, 1.82) is 0 Å². The van der Waals surface area contributed by atoms with Crippen molar-refractivity contribution < 1.29 is 0 Å². The smallest absolute Gasteiger partial charge is 0.0647 e. The summed E-state index contributed by atoms with van der Waals surface area (Å²) in [7, 11) is 0. The fourth-order valence-electron chi connectivity index (χ4n) is 4.39. The summed E-state index contributed by atoms with van der Waals surface area (Å²) in [6.07, 6.45) is 11.4. The summed E-state index contributed by atoms with van der Waals surface area (Å²) in [6, 6.07) is 10.1. The Labute approximate surface area is 156 Å². The predicted octanol–water partition coefficient (Wildman–Crippen LogP) is 3.01. The van der Waals surface area contributed by atoms with Crippen LogP contribution in [0.15, 0.2) is 36.7 Å². The molecule has 1 saturated carbocycles. The minimum absolute atomic E-state index is 0.330. The van der Waals surface area contributed by atoms with E-state index in [1.165, 1.54) is 49.8 Å². The van der Waals surface area contributed by atoms with Crippen LogP contribution in [0.4, 0.5) is 5.69 Å². The molecule has 1 aromatic heterocycles. The van der Waals surface area contributed by atoms with Gasteiger partial charge in [-0.25, -0.2) is 4.68 Å². The van der Waals surface area contributed by atoms with Gasteiger partial charge in [-0.2, -0.15) is 5.10 Å². The van der Waals surface area contributed by atoms with Crippen LogP contribution in [0.2, 0.25) is 0 Å². The quantitative estimate of drug-likeness (QED) is 0.887. The van der Waals surface area contributed by atoms with Crippen molar-refractivity contribution in [2.75, 3.05) is 18.0 Å². The number of hydrogen-bond donors (Lipinski definition) is 2. The SMILES string of the molecule is Cc1cnn(-c2ccc(N3CCCC(N[C@@H]4CCCC[C@H]4N)C3)cc2)c1. The largest absolute Gasteiger partial charge is 0.370 e. The summed E-state index contributed by atoms with van der Waals surface area (Å²) in [5, 5.41) is 8.26. The van der Waals surface area contributed by atoms with Crippen molar-refractivity contribution in [2.24, 2.45) is 5.73 Å². The van der Waals surface area contributed by atoms with Crippen LogP contribution < -0.4 is 16.0 Å². The van der Waals surface area contributed by atoms with Gasteiger partial charge in [0.05, 0.1) is 11.9 Å². The number of hydrogen-bond acceptors (Lipinski definition) is 4. The third kappa shape index (κ3) is 3.94. The molecule has 1 unspecified atom stereocenters. The van der Waals surface area contributed by atoms with Crippen LogP contribution in [0.5, 0.6) is 0 Å². The van der Waals surface area contributed by atoms with Crippen molar-refractivity contribution in [3.8, 4) is 5.69 Å². The van der Waals surface area contributed by atoms with E-state index < -0.39 is 0 Å². The number of aryl methyl sites for hydroxylation is 1. The summed E-state index contributed by atoms with van der Waals surface area (Å²) in [6.45, 7) is 4.27. The molecule has 1 aromatic carbocycles. The normalized spacial score (nSPS) is 26.8. The molecule has 2 aliphatic rings. The van der Waals surface area contributed by atoms with E-state index in [1.54, 1.807) is 0 Å². The van der Waals surface area contributed by atoms with Gasteiger partial charge in [-0.1, -0.05) is 12.8 Å². The molecule has 140 valence electrons. The minimum atomic E-state index is 0.330. The van der Waals surface area contributed by atoms with Gasteiger partial charge in [-0.05, 0) is 62.4 Å². The Morgan fingerprint density at radius 3 is 2.54 bits per heavy atom. The van der Waals surface area contributed by atoms with Gasteiger partial charge in [0.25, 0.3) is 0 Å². The average Bonchev–Trinajstić information content (AvgIpc) is 3.10. The highest BCUT2D eigenvalue weighted by Crippen LogP contribution is 2.24. The van der Waals surface area contributed by atoms with E-state index in [4.69, 9.17) is 5.73 Å². The molecular formula is C21H31N5. The summed E-state index contributed by atoms with van der Waals surface area (Å²) >= 11 is 0. The number of benzene rings is 1. The molecule has 5 heteroatoms. The lowest BCUT2D eigenvalue weighted by molar-refractivity contribution is 0.282. The van der Waals surface area contributed by atoms with Crippen molar-refractivity contribution in [3.63, 3.8) is 0 Å². The van der Waals surface area contributed by atoms with Crippen LogP contribution in [0.3, 0.4) is 0 Å². The highest BCUT2D eigenvalue weighted by molar-refractivity contribution is 5.51. The van der Waals surface area contributed by atoms with Crippen molar-refractivity contribution in [2.45, 2.75) is 63.6 Å². The fraction of sp³-hybridized carbons (Fsp3) is 0.571. The molecule has 2 heterocycles. The number of aromatic nitrogens is 2. The Morgan fingerprint density at radius 1 is 1.04 bits per heavy atom. The Hall–Kier alpha value is -1.85. The van der Waals surface area contributed by atoms with Gasteiger partial charge < -0.3 is 16.0 Å². The topological polar surface area (TPSA) is 59.1 Å². The fourth-order valence-corrected chi connectivity index (χ4v) is 4.39. The Morgan fingerprint density at radius 2 is 1.81 bits per heavy atom. The molecule has 2 fully saturated rings. The van der Waals surface area contributed by atoms with Gasteiger partial charge in [-0.3, -0.25) is 0 Å². The first-order valence-corrected chi connectivity index (χ1v) is 10.1. The Balaban J connectivity index is 1.39. The molecule has 0 bridgehead atoms. The summed E-state index contributed by atoms with van der Waals surface area (Å²) in [5.41, 5.74) is 9.93. The summed E-state index contributed by atoms with van der Waals surface area (Å²) < 4.78 is 1.93. The zero-order valence-corrected chi connectivity index (χ0v) is 15.8. The average molecular weight is 354 g/mol. The van der Waals surface area contributed by atoms with E-state index >= 15 is 0 Å². The van der Waals surface area contributed by atoms with Crippen molar-refractivity contribution in [1.82, 2.24) is 15.1 Å². The number of nitrogens with one attached hydrogen (secondary N) is 1. The Kier molecular flexibility index (Phi) is 5.27. The van der Waals surface area contributed by atoms with Gasteiger partial charge in [0.15, 0.2) is 0 Å².